The van der Waals surface area contributed by atoms with Gasteiger partial charge in [0.15, 0.2) is 0 Å². The first-order chi connectivity index (χ1) is 15.9. The Bertz CT molecular complexity index is 1250. The summed E-state index contributed by atoms with van der Waals surface area (Å²) < 4.78 is 0. The van der Waals surface area contributed by atoms with Crippen molar-refractivity contribution in [3.8, 4) is 22.3 Å². The van der Waals surface area contributed by atoms with Crippen molar-refractivity contribution in [2.24, 2.45) is 0 Å². The van der Waals surface area contributed by atoms with Crippen molar-refractivity contribution in [2.75, 3.05) is 5.73 Å². The first kappa shape index (κ1) is 23.5. The number of rotatable bonds is 7. The van der Waals surface area contributed by atoms with Gasteiger partial charge in [-0.3, -0.25) is 0 Å². The average molecular weight is 465 g/mol. The van der Waals surface area contributed by atoms with Gasteiger partial charge in [0.25, 0.3) is 0 Å². The van der Waals surface area contributed by atoms with Crippen LogP contribution in [-0.2, 0) is 0 Å². The Morgan fingerprint density at radius 2 is 0.765 bits per heavy atom. The number of carboxylic acid groups (broad SMARTS) is 5. The molecule has 0 spiro atoms. The number of anilines is 1. The molecular formula is C23H15NO10. The number of nitrogens with two attached hydrogens (primary N) is 1. The third-order valence-corrected chi connectivity index (χ3v) is 4.85. The van der Waals surface area contributed by atoms with Crippen LogP contribution in [0.25, 0.3) is 22.3 Å². The molecule has 0 unspecified atom stereocenters. The molecule has 7 N–H and O–H groups in total. The van der Waals surface area contributed by atoms with Gasteiger partial charge in [-0.05, 0) is 70.8 Å². The molecule has 0 atom stereocenters. The zero-order valence-electron chi connectivity index (χ0n) is 17.0. The number of hydrogen-bond donors (Lipinski definition) is 6. The lowest BCUT2D eigenvalue weighted by Crippen LogP contribution is -2.08. The van der Waals surface area contributed by atoms with Crippen LogP contribution in [0.3, 0.4) is 0 Å². The lowest BCUT2D eigenvalue weighted by molar-refractivity contribution is 0.0676. The van der Waals surface area contributed by atoms with E-state index in [1.165, 1.54) is 12.1 Å². The molecule has 0 heterocycles. The van der Waals surface area contributed by atoms with Crippen LogP contribution in [0.1, 0.15) is 51.8 Å². The van der Waals surface area contributed by atoms with Gasteiger partial charge in [0.1, 0.15) is 0 Å². The summed E-state index contributed by atoms with van der Waals surface area (Å²) in [5.41, 5.74) is 3.30. The normalized spacial score (nSPS) is 10.5. The summed E-state index contributed by atoms with van der Waals surface area (Å²) in [6, 6.07) is 8.45. The Morgan fingerprint density at radius 1 is 0.471 bits per heavy atom. The Hall–Kier alpha value is -5.19. The SMILES string of the molecule is Nc1cc(-c2cc(C(=O)O)cc(C(=O)O)c2)c(C(=O)O)c(-c2cc(C(=O)O)cc(C(=O)O)c2)c1. The van der Waals surface area contributed by atoms with Gasteiger partial charge in [0, 0.05) is 5.69 Å². The highest BCUT2D eigenvalue weighted by atomic mass is 16.4. The molecule has 0 saturated carbocycles. The molecule has 0 fully saturated rings. The highest BCUT2D eigenvalue weighted by molar-refractivity contribution is 6.07. The Balaban J connectivity index is 2.43. The van der Waals surface area contributed by atoms with Crippen LogP contribution in [0.5, 0.6) is 0 Å². The molecule has 11 heteroatoms. The van der Waals surface area contributed by atoms with Gasteiger partial charge in [-0.25, -0.2) is 24.0 Å². The third-order valence-electron chi connectivity index (χ3n) is 4.85. The summed E-state index contributed by atoms with van der Waals surface area (Å²) in [7, 11) is 0. The van der Waals surface area contributed by atoms with E-state index in [9.17, 15) is 49.5 Å². The Labute approximate surface area is 189 Å². The molecule has 0 aliphatic carbocycles. The second kappa shape index (κ2) is 8.74. The van der Waals surface area contributed by atoms with Crippen LogP contribution in [0, 0.1) is 0 Å². The van der Waals surface area contributed by atoms with E-state index in [2.05, 4.69) is 0 Å². The molecule has 0 amide bonds. The van der Waals surface area contributed by atoms with Crippen molar-refractivity contribution in [2.45, 2.75) is 0 Å². The maximum atomic E-state index is 12.3. The molecule has 0 aliphatic rings. The molecule has 3 aromatic carbocycles. The summed E-state index contributed by atoms with van der Waals surface area (Å²) in [5, 5.41) is 47.4. The molecular weight excluding hydrogens is 450 g/mol. The van der Waals surface area contributed by atoms with Crippen LogP contribution in [0.2, 0.25) is 0 Å². The molecule has 0 saturated heterocycles. The van der Waals surface area contributed by atoms with Crippen molar-refractivity contribution in [1.29, 1.82) is 0 Å². The van der Waals surface area contributed by atoms with E-state index in [0.29, 0.717) is 0 Å². The lowest BCUT2D eigenvalue weighted by atomic mass is 9.88. The predicted octanol–water partition coefficient (Wildman–Crippen LogP) is 3.09. The molecule has 0 radical (unpaired) electrons. The molecule has 11 nitrogen and oxygen atoms in total. The predicted molar refractivity (Wildman–Crippen MR) is 117 cm³/mol. The Morgan fingerprint density at radius 3 is 1.00 bits per heavy atom. The van der Waals surface area contributed by atoms with Crippen LogP contribution < -0.4 is 5.73 Å². The van der Waals surface area contributed by atoms with E-state index in [1.807, 2.05) is 0 Å². The largest absolute Gasteiger partial charge is 0.478 e. The maximum absolute atomic E-state index is 12.3. The van der Waals surface area contributed by atoms with Gasteiger partial charge in [0.05, 0.1) is 27.8 Å². The van der Waals surface area contributed by atoms with Gasteiger partial charge in [0.2, 0.25) is 0 Å². The highest BCUT2D eigenvalue weighted by Gasteiger charge is 2.23. The number of aromatic carboxylic acids is 5. The van der Waals surface area contributed by atoms with Crippen LogP contribution in [0.4, 0.5) is 5.69 Å². The standard InChI is InChI=1S/C23H15NO10/c24-15-7-16(9-1-11(19(25)26)5-12(2-9)20(27)28)18(23(33)34)17(8-15)10-3-13(21(29)30)6-14(4-10)22(31)32/h1-8H,24H2,(H,25,26)(H,27,28)(H,29,30)(H,31,32)(H,33,34). The fourth-order valence-electron chi connectivity index (χ4n) is 3.41. The zero-order valence-corrected chi connectivity index (χ0v) is 17.0. The maximum Gasteiger partial charge on any atom is 0.336 e. The van der Waals surface area contributed by atoms with Gasteiger partial charge < -0.3 is 31.3 Å². The van der Waals surface area contributed by atoms with Crippen molar-refractivity contribution in [3.05, 3.63) is 76.3 Å². The molecule has 3 rings (SSSR count). The van der Waals surface area contributed by atoms with Gasteiger partial charge >= 0.3 is 29.8 Å². The minimum Gasteiger partial charge on any atom is -0.478 e. The minimum absolute atomic E-state index is 0.0230. The van der Waals surface area contributed by atoms with Crippen molar-refractivity contribution in [3.63, 3.8) is 0 Å². The fourth-order valence-corrected chi connectivity index (χ4v) is 3.41. The van der Waals surface area contributed by atoms with E-state index in [-0.39, 0.29) is 27.9 Å². The smallest absolute Gasteiger partial charge is 0.336 e. The lowest BCUT2D eigenvalue weighted by Gasteiger charge is -2.16. The van der Waals surface area contributed by atoms with Gasteiger partial charge in [-0.15, -0.1) is 0 Å². The van der Waals surface area contributed by atoms with E-state index < -0.39 is 57.7 Å². The van der Waals surface area contributed by atoms with Crippen LogP contribution in [0.15, 0.2) is 48.5 Å². The monoisotopic (exact) mass is 465 g/mol. The van der Waals surface area contributed by atoms with Gasteiger partial charge in [-0.2, -0.15) is 0 Å². The quantitative estimate of drug-likeness (QED) is 0.279. The summed E-state index contributed by atoms with van der Waals surface area (Å²) in [6.07, 6.45) is 0. The van der Waals surface area contributed by atoms with Crippen LogP contribution >= 0.6 is 0 Å². The molecule has 0 aliphatic heterocycles. The number of hydrogen-bond acceptors (Lipinski definition) is 6. The van der Waals surface area contributed by atoms with E-state index in [1.54, 1.807) is 0 Å². The second-order valence-electron chi connectivity index (χ2n) is 7.11. The zero-order chi connectivity index (χ0) is 25.3. The molecule has 34 heavy (non-hydrogen) atoms. The number of carbonyl (C=O) groups is 5. The van der Waals surface area contributed by atoms with Crippen molar-refractivity contribution < 1.29 is 49.5 Å². The summed E-state index contributed by atoms with van der Waals surface area (Å²) in [4.78, 5) is 58.2. The average Bonchev–Trinajstić information content (AvgIpc) is 2.77. The topological polar surface area (TPSA) is 213 Å². The van der Waals surface area contributed by atoms with E-state index >= 15 is 0 Å². The molecule has 0 aromatic heterocycles. The first-order valence-electron chi connectivity index (χ1n) is 9.30. The number of carboxylic acids is 5. The molecule has 3 aromatic rings. The first-order valence-corrected chi connectivity index (χ1v) is 9.30. The van der Waals surface area contributed by atoms with E-state index in [0.717, 1.165) is 36.4 Å². The van der Waals surface area contributed by atoms with Crippen molar-refractivity contribution in [1.82, 2.24) is 0 Å². The number of benzene rings is 3. The highest BCUT2D eigenvalue weighted by Crippen LogP contribution is 2.37. The summed E-state index contributed by atoms with van der Waals surface area (Å²) in [6.45, 7) is 0. The van der Waals surface area contributed by atoms with E-state index in [4.69, 9.17) is 5.73 Å². The second-order valence-corrected chi connectivity index (χ2v) is 7.11. The Kier molecular flexibility index (Phi) is 6.04. The third kappa shape index (κ3) is 4.53. The molecule has 172 valence electrons. The minimum atomic E-state index is -1.53. The number of nitrogen functional groups attached to an aromatic ring is 1. The summed E-state index contributed by atoms with van der Waals surface area (Å²) >= 11 is 0. The van der Waals surface area contributed by atoms with Crippen molar-refractivity contribution >= 4 is 35.5 Å². The summed E-state index contributed by atoms with van der Waals surface area (Å²) in [5.74, 6) is -7.34. The van der Waals surface area contributed by atoms with Crippen LogP contribution in [-0.4, -0.2) is 55.4 Å². The molecule has 0 bridgehead atoms. The fraction of sp³-hybridized carbons (Fsp3) is 0. The van der Waals surface area contributed by atoms with Gasteiger partial charge in [-0.1, -0.05) is 0 Å².